The van der Waals surface area contributed by atoms with Crippen LogP contribution < -0.4 is 5.32 Å². The Morgan fingerprint density at radius 2 is 2.36 bits per heavy atom. The summed E-state index contributed by atoms with van der Waals surface area (Å²) in [5.74, 6) is 0.788. The molecule has 0 aliphatic heterocycles. The van der Waals surface area contributed by atoms with Gasteiger partial charge in [0.1, 0.15) is 5.82 Å². The van der Waals surface area contributed by atoms with Gasteiger partial charge in [-0.3, -0.25) is 0 Å². The molecule has 14 heavy (non-hydrogen) atoms. The molecule has 0 unspecified atom stereocenters. The van der Waals surface area contributed by atoms with Crippen LogP contribution in [0, 0.1) is 6.92 Å². The summed E-state index contributed by atoms with van der Waals surface area (Å²) in [6.45, 7) is 4.14. The van der Waals surface area contributed by atoms with Crippen molar-refractivity contribution in [2.75, 3.05) is 11.9 Å². The van der Waals surface area contributed by atoms with E-state index in [2.05, 4.69) is 26.2 Å². The largest absolute Gasteiger partial charge is 0.394 e. The van der Waals surface area contributed by atoms with Crippen molar-refractivity contribution in [1.82, 2.24) is 4.98 Å². The lowest BCUT2D eigenvalue weighted by atomic mass is 10.2. The minimum atomic E-state index is 0.0708. The van der Waals surface area contributed by atoms with Gasteiger partial charge in [-0.05, 0) is 40.9 Å². The summed E-state index contributed by atoms with van der Waals surface area (Å²) in [4.78, 5) is 4.24. The lowest BCUT2D eigenvalue weighted by molar-refractivity contribution is 0.271. The van der Waals surface area contributed by atoms with Crippen molar-refractivity contribution in [1.29, 1.82) is 0 Å². The predicted octanol–water partition coefficient (Wildman–Crippen LogP) is 2.34. The van der Waals surface area contributed by atoms with Crippen molar-refractivity contribution in [2.24, 2.45) is 0 Å². The number of aliphatic hydroxyl groups excluding tert-OH is 1. The van der Waals surface area contributed by atoms with Gasteiger partial charge in [-0.2, -0.15) is 0 Å². The Morgan fingerprint density at radius 3 is 2.86 bits per heavy atom. The number of aryl methyl sites for hydroxylation is 1. The quantitative estimate of drug-likeness (QED) is 0.872. The first kappa shape index (κ1) is 11.5. The molecule has 1 heterocycles. The van der Waals surface area contributed by atoms with Gasteiger partial charge in [0.15, 0.2) is 0 Å². The fraction of sp³-hybridized carbons (Fsp3) is 0.500. The lowest BCUT2D eigenvalue weighted by Gasteiger charge is -2.15. The predicted molar refractivity (Wildman–Crippen MR) is 61.5 cm³/mol. The summed E-state index contributed by atoms with van der Waals surface area (Å²) < 4.78 is 0.935. The number of pyridine rings is 1. The average molecular weight is 259 g/mol. The number of nitrogens with zero attached hydrogens (tertiary/aromatic N) is 1. The van der Waals surface area contributed by atoms with Crippen molar-refractivity contribution >= 4 is 21.7 Å². The van der Waals surface area contributed by atoms with Crippen molar-refractivity contribution in [3.8, 4) is 0 Å². The first-order valence-corrected chi connectivity index (χ1v) is 5.46. The van der Waals surface area contributed by atoms with Crippen LogP contribution in [-0.2, 0) is 0 Å². The van der Waals surface area contributed by atoms with Crippen LogP contribution in [0.3, 0.4) is 0 Å². The van der Waals surface area contributed by atoms with Crippen LogP contribution in [0.2, 0.25) is 0 Å². The third kappa shape index (κ3) is 2.96. The molecule has 0 aromatic carbocycles. The summed E-state index contributed by atoms with van der Waals surface area (Å²) >= 11 is 3.43. The molecule has 0 spiro atoms. The summed E-state index contributed by atoms with van der Waals surface area (Å²) in [5, 5.41) is 12.2. The van der Waals surface area contributed by atoms with Gasteiger partial charge in [0.05, 0.1) is 17.1 Å². The number of anilines is 1. The topological polar surface area (TPSA) is 45.1 Å². The molecular formula is C10H15BrN2O. The van der Waals surface area contributed by atoms with Crippen LogP contribution in [0.4, 0.5) is 5.82 Å². The maximum atomic E-state index is 9.03. The monoisotopic (exact) mass is 258 g/mol. The first-order valence-electron chi connectivity index (χ1n) is 4.67. The zero-order valence-corrected chi connectivity index (χ0v) is 10.0. The Bertz CT molecular complexity index is 300. The fourth-order valence-electron chi connectivity index (χ4n) is 1.11. The van der Waals surface area contributed by atoms with E-state index in [-0.39, 0.29) is 12.6 Å². The highest BCUT2D eigenvalue weighted by Crippen LogP contribution is 2.21. The fourth-order valence-corrected chi connectivity index (χ4v) is 1.69. The van der Waals surface area contributed by atoms with Crippen molar-refractivity contribution in [3.05, 3.63) is 22.3 Å². The summed E-state index contributed by atoms with van der Waals surface area (Å²) in [5.41, 5.74) is 1.11. The smallest absolute Gasteiger partial charge is 0.140 e. The second-order valence-electron chi connectivity index (χ2n) is 3.28. The Kier molecular flexibility index (Phi) is 4.35. The molecular weight excluding hydrogens is 244 g/mol. The maximum absolute atomic E-state index is 9.03. The van der Waals surface area contributed by atoms with Gasteiger partial charge in [-0.15, -0.1) is 0 Å². The number of aliphatic hydroxyl groups is 1. The van der Waals surface area contributed by atoms with Crippen LogP contribution in [0.1, 0.15) is 18.9 Å². The second kappa shape index (κ2) is 5.32. The van der Waals surface area contributed by atoms with E-state index in [9.17, 15) is 0 Å². The number of halogens is 1. The van der Waals surface area contributed by atoms with Gasteiger partial charge in [0.25, 0.3) is 0 Å². The minimum absolute atomic E-state index is 0.0708. The van der Waals surface area contributed by atoms with Crippen molar-refractivity contribution < 1.29 is 5.11 Å². The molecule has 0 radical (unpaired) electrons. The maximum Gasteiger partial charge on any atom is 0.140 e. The van der Waals surface area contributed by atoms with Gasteiger partial charge >= 0.3 is 0 Å². The second-order valence-corrected chi connectivity index (χ2v) is 4.13. The van der Waals surface area contributed by atoms with E-state index in [1.807, 2.05) is 19.9 Å². The Labute approximate surface area is 92.7 Å². The lowest BCUT2D eigenvalue weighted by Crippen LogP contribution is -2.23. The van der Waals surface area contributed by atoms with Crippen LogP contribution >= 0.6 is 15.9 Å². The number of rotatable bonds is 4. The Hall–Kier alpha value is -0.610. The number of nitrogens with one attached hydrogen (secondary N) is 1. The molecule has 0 aliphatic carbocycles. The van der Waals surface area contributed by atoms with Crippen LogP contribution in [-0.4, -0.2) is 22.7 Å². The normalized spacial score (nSPS) is 12.6. The zero-order valence-electron chi connectivity index (χ0n) is 8.42. The van der Waals surface area contributed by atoms with E-state index in [1.54, 1.807) is 6.20 Å². The molecule has 1 rings (SSSR count). The van der Waals surface area contributed by atoms with E-state index in [1.165, 1.54) is 0 Å². The third-order valence-electron chi connectivity index (χ3n) is 2.03. The average Bonchev–Trinajstić information content (AvgIpc) is 2.17. The highest BCUT2D eigenvalue weighted by molar-refractivity contribution is 9.10. The molecule has 0 aliphatic rings. The zero-order chi connectivity index (χ0) is 10.6. The standard InChI is InChI=1S/C10H15BrN2O/c1-3-8(6-14)13-10-9(11)4-7(2)5-12-10/h4-5,8,14H,3,6H2,1-2H3,(H,12,13)/t8-/m1/s1. The van der Waals surface area contributed by atoms with Crippen molar-refractivity contribution in [2.45, 2.75) is 26.3 Å². The molecule has 0 amide bonds. The molecule has 0 bridgehead atoms. The summed E-state index contributed by atoms with van der Waals surface area (Å²) in [6.07, 6.45) is 2.68. The summed E-state index contributed by atoms with van der Waals surface area (Å²) in [7, 11) is 0. The molecule has 0 fully saturated rings. The highest BCUT2D eigenvalue weighted by Gasteiger charge is 2.07. The number of hydrogen-bond acceptors (Lipinski definition) is 3. The van der Waals surface area contributed by atoms with E-state index in [4.69, 9.17) is 5.11 Å². The van der Waals surface area contributed by atoms with E-state index >= 15 is 0 Å². The SMILES string of the molecule is CC[C@H](CO)Nc1ncc(C)cc1Br. The Balaban J connectivity index is 2.76. The van der Waals surface area contributed by atoms with Crippen LogP contribution in [0.25, 0.3) is 0 Å². The van der Waals surface area contributed by atoms with Gasteiger partial charge in [0, 0.05) is 6.20 Å². The van der Waals surface area contributed by atoms with E-state index < -0.39 is 0 Å². The molecule has 78 valence electrons. The van der Waals surface area contributed by atoms with Gasteiger partial charge in [-0.25, -0.2) is 4.98 Å². The third-order valence-corrected chi connectivity index (χ3v) is 2.64. The molecule has 1 aromatic rings. The number of aromatic nitrogens is 1. The van der Waals surface area contributed by atoms with Gasteiger partial charge < -0.3 is 10.4 Å². The molecule has 3 nitrogen and oxygen atoms in total. The van der Waals surface area contributed by atoms with Crippen molar-refractivity contribution in [3.63, 3.8) is 0 Å². The highest BCUT2D eigenvalue weighted by atomic mass is 79.9. The van der Waals surface area contributed by atoms with E-state index in [0.717, 1.165) is 22.3 Å². The summed E-state index contributed by atoms with van der Waals surface area (Å²) in [6, 6.07) is 2.07. The minimum Gasteiger partial charge on any atom is -0.394 e. The Morgan fingerprint density at radius 1 is 1.64 bits per heavy atom. The molecule has 0 saturated carbocycles. The molecule has 2 N–H and O–H groups in total. The number of hydrogen-bond donors (Lipinski definition) is 2. The molecule has 1 atom stereocenters. The van der Waals surface area contributed by atoms with E-state index in [0.29, 0.717) is 0 Å². The van der Waals surface area contributed by atoms with Gasteiger partial charge in [0.2, 0.25) is 0 Å². The van der Waals surface area contributed by atoms with Gasteiger partial charge in [-0.1, -0.05) is 6.92 Å². The van der Waals surface area contributed by atoms with Crippen LogP contribution in [0.15, 0.2) is 16.7 Å². The molecule has 4 heteroatoms. The molecule has 1 aromatic heterocycles. The first-order chi connectivity index (χ1) is 6.67. The molecule has 0 saturated heterocycles. The van der Waals surface area contributed by atoms with Crippen LogP contribution in [0.5, 0.6) is 0 Å².